The molecule has 2 rings (SSSR count). The number of nitrogens with zero attached hydrogens (tertiary/aromatic N) is 1. The summed E-state index contributed by atoms with van der Waals surface area (Å²) < 4.78 is 0.715. The van der Waals surface area contributed by atoms with Crippen molar-refractivity contribution in [3.05, 3.63) is 20.3 Å². The van der Waals surface area contributed by atoms with Gasteiger partial charge in [0.2, 0.25) is 0 Å². The Balaban J connectivity index is 1.84. The number of rotatable bonds is 4. The summed E-state index contributed by atoms with van der Waals surface area (Å²) in [7, 11) is 2.03. The highest BCUT2D eigenvalue weighted by atomic mass is 35.5. The Hall–Kier alpha value is 0.200. The molecule has 0 spiro atoms. The number of hydrogen-bond donors (Lipinski definition) is 1. The normalized spacial score (nSPS) is 18.8. The van der Waals surface area contributed by atoms with E-state index in [0.717, 1.165) is 37.1 Å². The van der Waals surface area contributed by atoms with Crippen molar-refractivity contribution in [2.75, 3.05) is 26.7 Å². The number of hydrogen-bond acceptors (Lipinski definition) is 3. The third-order valence-electron chi connectivity index (χ3n) is 3.35. The highest BCUT2D eigenvalue weighted by Gasteiger charge is 2.20. The van der Waals surface area contributed by atoms with Crippen molar-refractivity contribution in [1.82, 2.24) is 10.2 Å². The zero-order valence-electron chi connectivity index (χ0n) is 10.0. The lowest BCUT2D eigenvalue weighted by Crippen LogP contribution is -2.36. The fourth-order valence-corrected chi connectivity index (χ4v) is 3.58. The van der Waals surface area contributed by atoms with Crippen LogP contribution in [-0.2, 0) is 6.54 Å². The summed E-state index contributed by atoms with van der Waals surface area (Å²) in [5.41, 5.74) is 1.17. The first-order valence-corrected chi connectivity index (χ1v) is 7.62. The van der Waals surface area contributed by atoms with Crippen LogP contribution < -0.4 is 5.32 Å². The number of nitrogens with one attached hydrogen (secondary N) is 1. The van der Waals surface area contributed by atoms with Crippen molar-refractivity contribution < 1.29 is 0 Å². The van der Waals surface area contributed by atoms with Crippen LogP contribution in [-0.4, -0.2) is 31.6 Å². The summed E-state index contributed by atoms with van der Waals surface area (Å²) in [6.45, 7) is 4.40. The standard InChI is InChI=1S/C12H18Cl2N2S/c1-15-6-9-2-4-16(5-3-9)7-10-8-17-12(14)11(10)13/h8-9,15H,2-7H2,1H3. The summed E-state index contributed by atoms with van der Waals surface area (Å²) in [6, 6.07) is 0. The van der Waals surface area contributed by atoms with Crippen LogP contribution in [0.15, 0.2) is 5.38 Å². The summed E-state index contributed by atoms with van der Waals surface area (Å²) in [4.78, 5) is 2.47. The van der Waals surface area contributed by atoms with Crippen molar-refractivity contribution in [2.24, 2.45) is 5.92 Å². The molecule has 0 aliphatic carbocycles. The van der Waals surface area contributed by atoms with Crippen molar-refractivity contribution in [2.45, 2.75) is 19.4 Å². The van der Waals surface area contributed by atoms with E-state index < -0.39 is 0 Å². The van der Waals surface area contributed by atoms with Crippen molar-refractivity contribution in [3.63, 3.8) is 0 Å². The molecule has 0 radical (unpaired) electrons. The van der Waals surface area contributed by atoms with Gasteiger partial charge in [-0.3, -0.25) is 4.90 Å². The Labute approximate surface area is 117 Å². The smallest absolute Gasteiger partial charge is 0.112 e. The van der Waals surface area contributed by atoms with Gasteiger partial charge in [0.25, 0.3) is 0 Å². The molecule has 0 aromatic carbocycles. The quantitative estimate of drug-likeness (QED) is 0.914. The van der Waals surface area contributed by atoms with Gasteiger partial charge < -0.3 is 5.32 Å². The second-order valence-corrected chi connectivity index (χ2v) is 6.49. The summed E-state index contributed by atoms with van der Waals surface area (Å²) in [5.74, 6) is 0.831. The van der Waals surface area contributed by atoms with Gasteiger partial charge in [-0.2, -0.15) is 0 Å². The maximum atomic E-state index is 6.15. The van der Waals surface area contributed by atoms with E-state index in [1.54, 1.807) is 0 Å². The van der Waals surface area contributed by atoms with E-state index in [0.29, 0.717) is 4.34 Å². The molecule has 1 aliphatic rings. The molecular weight excluding hydrogens is 275 g/mol. The highest BCUT2D eigenvalue weighted by molar-refractivity contribution is 7.15. The SMILES string of the molecule is CNCC1CCN(Cc2csc(Cl)c2Cl)CC1. The second-order valence-electron chi connectivity index (χ2n) is 4.63. The van der Waals surface area contributed by atoms with Gasteiger partial charge in [-0.25, -0.2) is 0 Å². The molecule has 1 aromatic heterocycles. The van der Waals surface area contributed by atoms with Crippen LogP contribution >= 0.6 is 34.5 Å². The number of piperidine rings is 1. The molecule has 2 heterocycles. The van der Waals surface area contributed by atoms with E-state index in [1.165, 1.54) is 29.7 Å². The Morgan fingerprint density at radius 3 is 2.65 bits per heavy atom. The Morgan fingerprint density at radius 2 is 2.12 bits per heavy atom. The maximum Gasteiger partial charge on any atom is 0.112 e. The van der Waals surface area contributed by atoms with Gasteiger partial charge in [0.15, 0.2) is 0 Å². The Morgan fingerprint density at radius 1 is 1.41 bits per heavy atom. The van der Waals surface area contributed by atoms with Crippen LogP contribution in [0.2, 0.25) is 9.36 Å². The molecule has 5 heteroatoms. The third kappa shape index (κ3) is 3.58. The molecular formula is C12H18Cl2N2S. The molecule has 0 atom stereocenters. The zero-order chi connectivity index (χ0) is 12.3. The summed E-state index contributed by atoms with van der Waals surface area (Å²) >= 11 is 13.6. The Kier molecular flexibility index (Phi) is 5.12. The van der Waals surface area contributed by atoms with Gasteiger partial charge in [0.1, 0.15) is 4.34 Å². The monoisotopic (exact) mass is 292 g/mol. The molecule has 17 heavy (non-hydrogen) atoms. The largest absolute Gasteiger partial charge is 0.319 e. The first kappa shape index (κ1) is 13.6. The lowest BCUT2D eigenvalue weighted by Gasteiger charge is -2.31. The average molecular weight is 293 g/mol. The molecule has 2 nitrogen and oxygen atoms in total. The lowest BCUT2D eigenvalue weighted by molar-refractivity contribution is 0.177. The zero-order valence-corrected chi connectivity index (χ0v) is 12.3. The molecule has 1 fully saturated rings. The van der Waals surface area contributed by atoms with E-state index in [4.69, 9.17) is 23.2 Å². The second kappa shape index (κ2) is 6.39. The number of halogens is 2. The average Bonchev–Trinajstić information content (AvgIpc) is 2.64. The minimum atomic E-state index is 0.715. The van der Waals surface area contributed by atoms with E-state index in [1.807, 2.05) is 7.05 Å². The molecule has 1 saturated heterocycles. The first-order valence-electron chi connectivity index (χ1n) is 5.99. The van der Waals surface area contributed by atoms with Crippen LogP contribution in [0.25, 0.3) is 0 Å². The fraction of sp³-hybridized carbons (Fsp3) is 0.667. The minimum absolute atomic E-state index is 0.715. The first-order chi connectivity index (χ1) is 8.20. The predicted octanol–water partition coefficient (Wildman–Crippen LogP) is 3.49. The number of likely N-dealkylation sites (tertiary alicyclic amines) is 1. The summed E-state index contributed by atoms with van der Waals surface area (Å²) in [6.07, 6.45) is 2.55. The lowest BCUT2D eigenvalue weighted by atomic mass is 9.96. The minimum Gasteiger partial charge on any atom is -0.319 e. The molecule has 0 amide bonds. The van der Waals surface area contributed by atoms with E-state index in [2.05, 4.69) is 15.6 Å². The van der Waals surface area contributed by atoms with Crippen LogP contribution in [0.5, 0.6) is 0 Å². The molecule has 96 valence electrons. The van der Waals surface area contributed by atoms with Gasteiger partial charge in [0.05, 0.1) is 5.02 Å². The van der Waals surface area contributed by atoms with E-state index in [9.17, 15) is 0 Å². The molecule has 1 N–H and O–H groups in total. The van der Waals surface area contributed by atoms with Gasteiger partial charge in [0, 0.05) is 6.54 Å². The fourth-order valence-electron chi connectivity index (χ4n) is 2.34. The van der Waals surface area contributed by atoms with Gasteiger partial charge >= 0.3 is 0 Å². The van der Waals surface area contributed by atoms with Gasteiger partial charge in [-0.1, -0.05) is 23.2 Å². The predicted molar refractivity (Wildman–Crippen MR) is 76.3 cm³/mol. The van der Waals surface area contributed by atoms with Gasteiger partial charge in [-0.05, 0) is 56.4 Å². The molecule has 0 saturated carbocycles. The van der Waals surface area contributed by atoms with E-state index >= 15 is 0 Å². The molecule has 0 unspecified atom stereocenters. The van der Waals surface area contributed by atoms with Crippen molar-refractivity contribution in [1.29, 1.82) is 0 Å². The topological polar surface area (TPSA) is 15.3 Å². The molecule has 1 aliphatic heterocycles. The summed E-state index contributed by atoms with van der Waals surface area (Å²) in [5, 5.41) is 6.08. The van der Waals surface area contributed by atoms with Crippen molar-refractivity contribution in [3.8, 4) is 0 Å². The molecule has 1 aromatic rings. The van der Waals surface area contributed by atoms with Crippen LogP contribution in [0.4, 0.5) is 0 Å². The third-order valence-corrected chi connectivity index (χ3v) is 5.26. The van der Waals surface area contributed by atoms with Crippen molar-refractivity contribution >= 4 is 34.5 Å². The van der Waals surface area contributed by atoms with Crippen LogP contribution in [0.3, 0.4) is 0 Å². The van der Waals surface area contributed by atoms with Crippen LogP contribution in [0.1, 0.15) is 18.4 Å². The molecule has 0 bridgehead atoms. The highest BCUT2D eigenvalue weighted by Crippen LogP contribution is 2.33. The van der Waals surface area contributed by atoms with E-state index in [-0.39, 0.29) is 0 Å². The number of thiophene rings is 1. The maximum absolute atomic E-state index is 6.15. The van der Waals surface area contributed by atoms with Crippen LogP contribution in [0, 0.1) is 5.92 Å². The van der Waals surface area contributed by atoms with Gasteiger partial charge in [-0.15, -0.1) is 11.3 Å². The Bertz CT molecular complexity index is 359.